The number of anilines is 1. The summed E-state index contributed by atoms with van der Waals surface area (Å²) in [7, 11) is 3.39. The molecule has 0 fully saturated rings. The quantitative estimate of drug-likeness (QED) is 0.837. The Balaban J connectivity index is 2.11. The normalized spacial score (nSPS) is 10.3. The van der Waals surface area contributed by atoms with Crippen molar-refractivity contribution in [3.05, 3.63) is 29.4 Å². The number of hydrogen-bond donors (Lipinski definition) is 1. The van der Waals surface area contributed by atoms with Crippen molar-refractivity contribution < 1.29 is 4.74 Å². The first kappa shape index (κ1) is 11.7. The zero-order valence-electron chi connectivity index (χ0n) is 9.51. The smallest absolute Gasteiger partial charge is 0.198 e. The first-order valence-electron chi connectivity index (χ1n) is 4.97. The number of halogens is 1. The molecule has 2 aromatic rings. The van der Waals surface area contributed by atoms with Crippen molar-refractivity contribution in [2.75, 3.05) is 12.4 Å². The van der Waals surface area contributed by atoms with Gasteiger partial charge in [-0.1, -0.05) is 11.6 Å². The minimum atomic E-state index is 0.283. The first-order valence-corrected chi connectivity index (χ1v) is 5.35. The van der Waals surface area contributed by atoms with E-state index in [1.807, 2.05) is 19.3 Å². The fourth-order valence-electron chi connectivity index (χ4n) is 1.39. The molecule has 17 heavy (non-hydrogen) atoms. The van der Waals surface area contributed by atoms with Gasteiger partial charge in [0.2, 0.25) is 0 Å². The number of methoxy groups -OCH3 is 1. The number of hydrogen-bond acceptors (Lipinski definition) is 5. The Hall–Kier alpha value is -1.82. The van der Waals surface area contributed by atoms with Gasteiger partial charge in [-0.15, -0.1) is 0 Å². The molecule has 2 aromatic heterocycles. The lowest BCUT2D eigenvalue weighted by Gasteiger charge is -2.09. The standard InChI is InChI=1S/C10H12ClN5O/c1-16-4-3-7(15-16)5-12-10-8(17-2)9(11)13-6-14-10/h3-4,6H,5H2,1-2H3,(H,12,13,14). The molecule has 0 radical (unpaired) electrons. The lowest BCUT2D eigenvalue weighted by Crippen LogP contribution is -2.05. The van der Waals surface area contributed by atoms with Gasteiger partial charge in [-0.2, -0.15) is 5.10 Å². The van der Waals surface area contributed by atoms with Gasteiger partial charge in [0, 0.05) is 13.2 Å². The van der Waals surface area contributed by atoms with Crippen LogP contribution in [0.3, 0.4) is 0 Å². The van der Waals surface area contributed by atoms with Gasteiger partial charge >= 0.3 is 0 Å². The first-order chi connectivity index (χ1) is 8.20. The summed E-state index contributed by atoms with van der Waals surface area (Å²) in [6.45, 7) is 0.546. The molecule has 7 heteroatoms. The second-order valence-corrected chi connectivity index (χ2v) is 3.74. The van der Waals surface area contributed by atoms with Crippen molar-refractivity contribution in [3.8, 4) is 5.75 Å². The molecule has 90 valence electrons. The Morgan fingerprint density at radius 1 is 1.47 bits per heavy atom. The molecule has 6 nitrogen and oxygen atoms in total. The van der Waals surface area contributed by atoms with Crippen LogP contribution in [-0.4, -0.2) is 26.9 Å². The molecular weight excluding hydrogens is 242 g/mol. The summed E-state index contributed by atoms with van der Waals surface area (Å²) in [5, 5.41) is 7.62. The minimum absolute atomic E-state index is 0.283. The van der Waals surface area contributed by atoms with Crippen LogP contribution in [0.15, 0.2) is 18.6 Å². The number of rotatable bonds is 4. The molecule has 0 aromatic carbocycles. The summed E-state index contributed by atoms with van der Waals surface area (Å²) in [4.78, 5) is 7.91. The van der Waals surface area contributed by atoms with Crippen LogP contribution in [0.2, 0.25) is 5.15 Å². The zero-order valence-corrected chi connectivity index (χ0v) is 10.3. The van der Waals surface area contributed by atoms with E-state index in [0.29, 0.717) is 18.1 Å². The molecule has 2 heterocycles. The van der Waals surface area contributed by atoms with Crippen molar-refractivity contribution in [2.24, 2.45) is 7.05 Å². The van der Waals surface area contributed by atoms with Crippen LogP contribution in [0.5, 0.6) is 5.75 Å². The topological polar surface area (TPSA) is 64.9 Å². The second-order valence-electron chi connectivity index (χ2n) is 3.38. The van der Waals surface area contributed by atoms with Gasteiger partial charge in [0.05, 0.1) is 19.3 Å². The van der Waals surface area contributed by atoms with Crippen LogP contribution in [0.1, 0.15) is 5.69 Å². The Bertz CT molecular complexity index is 513. The Kier molecular flexibility index (Phi) is 3.43. The molecule has 0 aliphatic heterocycles. The molecule has 0 atom stereocenters. The van der Waals surface area contributed by atoms with Crippen molar-refractivity contribution in [1.82, 2.24) is 19.7 Å². The fourth-order valence-corrected chi connectivity index (χ4v) is 1.60. The van der Waals surface area contributed by atoms with E-state index in [4.69, 9.17) is 16.3 Å². The zero-order chi connectivity index (χ0) is 12.3. The van der Waals surface area contributed by atoms with Crippen LogP contribution in [0.25, 0.3) is 0 Å². The molecule has 0 saturated carbocycles. The van der Waals surface area contributed by atoms with Crippen LogP contribution in [0.4, 0.5) is 5.82 Å². The van der Waals surface area contributed by atoms with Gasteiger partial charge in [-0.3, -0.25) is 4.68 Å². The van der Waals surface area contributed by atoms with E-state index < -0.39 is 0 Å². The summed E-state index contributed by atoms with van der Waals surface area (Å²) in [6, 6.07) is 1.92. The van der Waals surface area contributed by atoms with Crippen molar-refractivity contribution in [1.29, 1.82) is 0 Å². The van der Waals surface area contributed by atoms with Crippen LogP contribution < -0.4 is 10.1 Å². The lowest BCUT2D eigenvalue weighted by molar-refractivity contribution is 0.413. The third-order valence-corrected chi connectivity index (χ3v) is 2.44. The number of nitrogens with zero attached hydrogens (tertiary/aromatic N) is 4. The molecule has 0 bridgehead atoms. The third kappa shape index (κ3) is 2.65. The van der Waals surface area contributed by atoms with E-state index in [1.54, 1.807) is 4.68 Å². The maximum absolute atomic E-state index is 5.88. The van der Waals surface area contributed by atoms with Crippen molar-refractivity contribution in [2.45, 2.75) is 6.54 Å². The second kappa shape index (κ2) is 5.01. The minimum Gasteiger partial charge on any atom is -0.490 e. The molecule has 1 N–H and O–H groups in total. The summed E-state index contributed by atoms with van der Waals surface area (Å²) in [5.74, 6) is 0.989. The molecule has 0 spiro atoms. The predicted molar refractivity (Wildman–Crippen MR) is 64.1 cm³/mol. The van der Waals surface area contributed by atoms with Gasteiger partial charge in [0.15, 0.2) is 16.7 Å². The van der Waals surface area contributed by atoms with Gasteiger partial charge < -0.3 is 10.1 Å². The van der Waals surface area contributed by atoms with Crippen LogP contribution >= 0.6 is 11.6 Å². The highest BCUT2D eigenvalue weighted by Gasteiger charge is 2.10. The molecule has 0 aliphatic rings. The Morgan fingerprint density at radius 3 is 2.94 bits per heavy atom. The maximum atomic E-state index is 5.88. The SMILES string of the molecule is COc1c(Cl)ncnc1NCc1ccn(C)n1. The van der Waals surface area contributed by atoms with Gasteiger partial charge in [-0.25, -0.2) is 9.97 Å². The molecule has 2 rings (SSSR count). The maximum Gasteiger partial charge on any atom is 0.198 e. The predicted octanol–water partition coefficient (Wildman–Crippen LogP) is 1.48. The lowest BCUT2D eigenvalue weighted by atomic mass is 10.4. The van der Waals surface area contributed by atoms with Crippen molar-refractivity contribution >= 4 is 17.4 Å². The molecule has 0 unspecified atom stereocenters. The van der Waals surface area contributed by atoms with E-state index in [-0.39, 0.29) is 5.15 Å². The van der Waals surface area contributed by atoms with Crippen LogP contribution in [0, 0.1) is 0 Å². The number of nitrogens with one attached hydrogen (secondary N) is 1. The largest absolute Gasteiger partial charge is 0.490 e. The Morgan fingerprint density at radius 2 is 2.29 bits per heavy atom. The molecule has 0 amide bonds. The average molecular weight is 254 g/mol. The highest BCUT2D eigenvalue weighted by Crippen LogP contribution is 2.28. The van der Waals surface area contributed by atoms with E-state index in [9.17, 15) is 0 Å². The molecular formula is C10H12ClN5O. The van der Waals surface area contributed by atoms with Gasteiger partial charge in [0.1, 0.15) is 6.33 Å². The number of aryl methyl sites for hydroxylation is 1. The van der Waals surface area contributed by atoms with Crippen molar-refractivity contribution in [3.63, 3.8) is 0 Å². The monoisotopic (exact) mass is 253 g/mol. The third-order valence-electron chi connectivity index (χ3n) is 2.17. The fraction of sp³-hybridized carbons (Fsp3) is 0.300. The van der Waals surface area contributed by atoms with Crippen LogP contribution in [-0.2, 0) is 13.6 Å². The summed E-state index contributed by atoms with van der Waals surface area (Å²) >= 11 is 5.88. The van der Waals surface area contributed by atoms with E-state index in [1.165, 1.54) is 13.4 Å². The highest BCUT2D eigenvalue weighted by molar-refractivity contribution is 6.31. The molecule has 0 saturated heterocycles. The number of ether oxygens (including phenoxy) is 1. The van der Waals surface area contributed by atoms with E-state index >= 15 is 0 Å². The van der Waals surface area contributed by atoms with E-state index in [0.717, 1.165) is 5.69 Å². The number of aromatic nitrogens is 4. The summed E-state index contributed by atoms with van der Waals surface area (Å²) in [5.41, 5.74) is 0.907. The van der Waals surface area contributed by atoms with Gasteiger partial charge in [-0.05, 0) is 6.07 Å². The Labute approximate surface area is 104 Å². The van der Waals surface area contributed by atoms with E-state index in [2.05, 4.69) is 20.4 Å². The summed E-state index contributed by atoms with van der Waals surface area (Å²) < 4.78 is 6.86. The van der Waals surface area contributed by atoms with Gasteiger partial charge in [0.25, 0.3) is 0 Å². The molecule has 0 aliphatic carbocycles. The highest BCUT2D eigenvalue weighted by atomic mass is 35.5. The summed E-state index contributed by atoms with van der Waals surface area (Å²) in [6.07, 6.45) is 3.26. The average Bonchev–Trinajstić information content (AvgIpc) is 2.72.